The molecule has 6 heteroatoms. The number of methoxy groups -OCH3 is 1. The Bertz CT molecular complexity index is 1080. The van der Waals surface area contributed by atoms with E-state index in [0.29, 0.717) is 41.5 Å². The summed E-state index contributed by atoms with van der Waals surface area (Å²) in [5, 5.41) is 6.38. The summed E-state index contributed by atoms with van der Waals surface area (Å²) in [6.45, 7) is 22.2. The van der Waals surface area contributed by atoms with Crippen molar-refractivity contribution in [3.05, 3.63) is 12.7 Å². The van der Waals surface area contributed by atoms with Crippen LogP contribution in [0, 0.1) is 69.5 Å². The molecule has 0 radical (unpaired) electrons. The van der Waals surface area contributed by atoms with Crippen molar-refractivity contribution in [1.29, 1.82) is 0 Å². The highest BCUT2D eigenvalue weighted by molar-refractivity contribution is 5.85. The second-order valence-corrected chi connectivity index (χ2v) is 17.0. The van der Waals surface area contributed by atoms with Gasteiger partial charge in [-0.1, -0.05) is 68.4 Å². The lowest BCUT2D eigenvalue weighted by atomic mass is 9.37. The predicted octanol–water partition coefficient (Wildman–Crippen LogP) is 9.66. The second kappa shape index (κ2) is 18.7. The maximum Gasteiger partial charge on any atom is 0.226 e. The zero-order chi connectivity index (χ0) is 35.9. The molecule has 13 atom stereocenters. The maximum absolute atomic E-state index is 14.1. The van der Waals surface area contributed by atoms with Gasteiger partial charge in [-0.15, -0.1) is 6.58 Å². The van der Waals surface area contributed by atoms with Gasteiger partial charge in [0.05, 0.1) is 5.41 Å². The number of carbonyl (C=O) groups is 3. The first kappa shape index (κ1) is 43.5. The largest absolute Gasteiger partial charge is 0.388 e. The van der Waals surface area contributed by atoms with Crippen LogP contribution in [0.2, 0.25) is 0 Å². The molecule has 49 heavy (non-hydrogen) atoms. The van der Waals surface area contributed by atoms with E-state index < -0.39 is 0 Å². The molecule has 6 saturated carbocycles. The highest BCUT2D eigenvalue weighted by Gasteiger charge is 2.65. The summed E-state index contributed by atoms with van der Waals surface area (Å²) in [6.07, 6.45) is 17.8. The fraction of sp³-hybridized carbons (Fsp3) is 0.884. The van der Waals surface area contributed by atoms with Gasteiger partial charge >= 0.3 is 0 Å². The number of amides is 2. The summed E-state index contributed by atoms with van der Waals surface area (Å²) in [4.78, 5) is 37.2. The Morgan fingerprint density at radius 1 is 0.857 bits per heavy atom. The smallest absolute Gasteiger partial charge is 0.226 e. The van der Waals surface area contributed by atoms with Gasteiger partial charge in [-0.2, -0.15) is 0 Å². The van der Waals surface area contributed by atoms with Crippen LogP contribution in [0.15, 0.2) is 12.7 Å². The quantitative estimate of drug-likeness (QED) is 0.166. The van der Waals surface area contributed by atoms with Crippen molar-refractivity contribution in [3.63, 3.8) is 0 Å². The van der Waals surface area contributed by atoms with E-state index in [2.05, 4.69) is 56.6 Å². The summed E-state index contributed by atoms with van der Waals surface area (Å²) in [5.74, 6) is 5.94. The van der Waals surface area contributed by atoms with Crippen LogP contribution >= 0.6 is 0 Å². The van der Waals surface area contributed by atoms with Crippen molar-refractivity contribution in [1.82, 2.24) is 10.6 Å². The molecule has 0 aliphatic heterocycles. The first-order valence-electron chi connectivity index (χ1n) is 19.9. The summed E-state index contributed by atoms with van der Waals surface area (Å²) in [6, 6.07) is 0.0989. The van der Waals surface area contributed by atoms with Crippen molar-refractivity contribution in [2.45, 2.75) is 152 Å². The summed E-state index contributed by atoms with van der Waals surface area (Å²) in [5.41, 5.74) is 0.756. The number of nitrogens with one attached hydrogen (secondary N) is 2. The van der Waals surface area contributed by atoms with Crippen LogP contribution in [0.1, 0.15) is 146 Å². The molecule has 6 aliphatic rings. The zero-order valence-electron chi connectivity index (χ0n) is 32.7. The molecule has 6 fully saturated rings. The van der Waals surface area contributed by atoms with Crippen LogP contribution in [-0.2, 0) is 19.1 Å². The van der Waals surface area contributed by atoms with E-state index >= 15 is 0 Å². The van der Waals surface area contributed by atoms with Gasteiger partial charge in [0.15, 0.2) is 0 Å². The number of hydrogen-bond acceptors (Lipinski definition) is 4. The third-order valence-electron chi connectivity index (χ3n) is 15.0. The molecular formula is C43H78N2O4. The summed E-state index contributed by atoms with van der Waals surface area (Å²) < 4.78 is 4.25. The SMILES string of the molecule is C.C=CC.CC.CC1CCC2(C)C(CCC3(C)C4CCC5(C(=O)NC6CC(C(=O)NCCC=O)C6C)CCCC5C4CCC23)C1C.COC. The number of rotatable bonds is 6. The van der Waals surface area contributed by atoms with Crippen LogP contribution < -0.4 is 10.6 Å². The Labute approximate surface area is 302 Å². The molecule has 0 aromatic carbocycles. The fourth-order valence-corrected chi connectivity index (χ4v) is 12.4. The molecular weight excluding hydrogens is 608 g/mol. The minimum atomic E-state index is -0.183. The Kier molecular flexibility index (Phi) is 16.6. The molecule has 6 rings (SSSR count). The second-order valence-electron chi connectivity index (χ2n) is 17.0. The molecule has 6 aliphatic carbocycles. The zero-order valence-corrected chi connectivity index (χ0v) is 32.7. The number of hydrogen-bond donors (Lipinski definition) is 2. The van der Waals surface area contributed by atoms with E-state index in [4.69, 9.17) is 0 Å². The molecule has 13 unspecified atom stereocenters. The molecule has 0 aromatic rings. The minimum Gasteiger partial charge on any atom is -0.388 e. The van der Waals surface area contributed by atoms with Crippen molar-refractivity contribution < 1.29 is 19.1 Å². The van der Waals surface area contributed by atoms with E-state index in [1.54, 1.807) is 20.3 Å². The lowest BCUT2D eigenvalue weighted by molar-refractivity contribution is -0.190. The average molecular weight is 687 g/mol. The van der Waals surface area contributed by atoms with E-state index in [1.165, 1.54) is 57.8 Å². The number of aldehydes is 1. The van der Waals surface area contributed by atoms with E-state index in [-0.39, 0.29) is 36.6 Å². The van der Waals surface area contributed by atoms with Crippen LogP contribution in [-0.4, -0.2) is 44.9 Å². The van der Waals surface area contributed by atoms with Gasteiger partial charge in [0, 0.05) is 39.1 Å². The molecule has 2 amide bonds. The summed E-state index contributed by atoms with van der Waals surface area (Å²) in [7, 11) is 3.25. The van der Waals surface area contributed by atoms with Gasteiger partial charge in [0.2, 0.25) is 11.8 Å². The Balaban J connectivity index is 0.000000851. The number of ether oxygens (including phenoxy) is 1. The first-order valence-corrected chi connectivity index (χ1v) is 19.9. The van der Waals surface area contributed by atoms with Gasteiger partial charge < -0.3 is 20.2 Å². The normalized spacial score (nSPS) is 42.6. The van der Waals surface area contributed by atoms with Crippen molar-refractivity contribution in [3.8, 4) is 0 Å². The van der Waals surface area contributed by atoms with Crippen LogP contribution in [0.5, 0.6) is 0 Å². The van der Waals surface area contributed by atoms with E-state index in [9.17, 15) is 14.4 Å². The molecule has 2 N–H and O–H groups in total. The molecule has 6 nitrogen and oxygen atoms in total. The monoisotopic (exact) mass is 687 g/mol. The van der Waals surface area contributed by atoms with Gasteiger partial charge in [-0.3, -0.25) is 9.59 Å². The van der Waals surface area contributed by atoms with E-state index in [1.807, 2.05) is 20.8 Å². The van der Waals surface area contributed by atoms with Gasteiger partial charge in [-0.25, -0.2) is 0 Å². The number of fused-ring (bicyclic) bond motifs is 7. The highest BCUT2D eigenvalue weighted by Crippen LogP contribution is 2.72. The van der Waals surface area contributed by atoms with Crippen LogP contribution in [0.4, 0.5) is 0 Å². The van der Waals surface area contributed by atoms with Crippen molar-refractivity contribution in [2.75, 3.05) is 20.8 Å². The molecule has 0 saturated heterocycles. The first-order chi connectivity index (χ1) is 22.9. The van der Waals surface area contributed by atoms with Crippen LogP contribution in [0.3, 0.4) is 0 Å². The lowest BCUT2D eigenvalue weighted by Gasteiger charge is -2.67. The number of carbonyl (C=O) groups excluding carboxylic acids is 3. The Morgan fingerprint density at radius 2 is 1.45 bits per heavy atom. The van der Waals surface area contributed by atoms with Gasteiger partial charge in [-0.05, 0) is 136 Å². The molecule has 0 aromatic heterocycles. The molecule has 0 heterocycles. The number of allylic oxidation sites excluding steroid dienone is 1. The molecule has 284 valence electrons. The summed E-state index contributed by atoms with van der Waals surface area (Å²) >= 11 is 0. The molecule has 0 bridgehead atoms. The maximum atomic E-state index is 14.1. The lowest BCUT2D eigenvalue weighted by Crippen LogP contribution is -2.63. The predicted molar refractivity (Wildman–Crippen MR) is 205 cm³/mol. The molecule has 0 spiro atoms. The third kappa shape index (κ3) is 8.20. The minimum absolute atomic E-state index is 0. The van der Waals surface area contributed by atoms with E-state index in [0.717, 1.165) is 55.1 Å². The Hall–Kier alpha value is -1.69. The van der Waals surface area contributed by atoms with Crippen molar-refractivity contribution in [2.24, 2.45) is 69.5 Å². The Morgan fingerprint density at radius 3 is 2.06 bits per heavy atom. The third-order valence-corrected chi connectivity index (χ3v) is 15.0. The van der Waals surface area contributed by atoms with Crippen LogP contribution in [0.25, 0.3) is 0 Å². The fourth-order valence-electron chi connectivity index (χ4n) is 12.4. The standard InChI is InChI=1S/C35H56N2O3.C3H6.C2H6O.C2H6.CH4/c1-21-11-15-33(4)26(22(21)2)12-16-34(5)27-13-17-35(14-6-8-28(35)24(27)9-10-30(33)34)32(40)37-29-20-25(23(29)3)31(39)36-18-7-19-38;2*1-3-2;1-2;/h19,21-30H,6-18,20H2,1-5H3,(H,36,39)(H,37,40);3H,1H2,2H3;1-2H3;1-2H3;1H4. The average Bonchev–Trinajstić information content (AvgIpc) is 3.52. The topological polar surface area (TPSA) is 84.5 Å². The van der Waals surface area contributed by atoms with Gasteiger partial charge in [0.25, 0.3) is 0 Å². The highest BCUT2D eigenvalue weighted by atomic mass is 16.4. The van der Waals surface area contributed by atoms with Crippen molar-refractivity contribution >= 4 is 18.1 Å². The van der Waals surface area contributed by atoms with Gasteiger partial charge in [0.1, 0.15) is 6.29 Å².